The zero-order valence-electron chi connectivity index (χ0n) is 10.7. The van der Waals surface area contributed by atoms with E-state index in [0.29, 0.717) is 16.5 Å². The van der Waals surface area contributed by atoms with Crippen LogP contribution in [0.2, 0.25) is 5.02 Å². The summed E-state index contributed by atoms with van der Waals surface area (Å²) in [5, 5.41) is 3.59. The van der Waals surface area contributed by atoms with Crippen molar-refractivity contribution < 1.29 is 17.9 Å². The van der Waals surface area contributed by atoms with E-state index in [1.54, 1.807) is 24.3 Å². The van der Waals surface area contributed by atoms with Crippen molar-refractivity contribution in [1.82, 2.24) is 0 Å². The molecule has 2 nitrogen and oxygen atoms in total. The fourth-order valence-corrected chi connectivity index (χ4v) is 2.52. The molecule has 1 aliphatic heterocycles. The van der Waals surface area contributed by atoms with E-state index in [9.17, 15) is 13.2 Å². The smallest absolute Gasteiger partial charge is 0.416 e. The van der Waals surface area contributed by atoms with Gasteiger partial charge in [-0.3, -0.25) is 0 Å². The normalized spacial score (nSPS) is 17.6. The van der Waals surface area contributed by atoms with Crippen LogP contribution in [0, 0.1) is 0 Å². The Morgan fingerprint density at radius 2 is 1.90 bits per heavy atom. The van der Waals surface area contributed by atoms with Crippen molar-refractivity contribution >= 4 is 17.3 Å². The van der Waals surface area contributed by atoms with Gasteiger partial charge in [0.05, 0.1) is 17.8 Å². The summed E-state index contributed by atoms with van der Waals surface area (Å²) < 4.78 is 44.9. The lowest BCUT2D eigenvalue weighted by Crippen LogP contribution is -2.26. The molecule has 6 heteroatoms. The second kappa shape index (κ2) is 5.15. The standard InChI is InChI=1S/C15H11ClF3NO/c16-9-5-6-13-12(7-9)20-8-14(21-13)10-3-1-2-4-11(10)15(17,18)19/h1-7,14,20H,8H2. The Hall–Kier alpha value is -1.88. The predicted octanol–water partition coefficient (Wildman–Crippen LogP) is 4.90. The van der Waals surface area contributed by atoms with Crippen LogP contribution in [0.1, 0.15) is 17.2 Å². The lowest BCUT2D eigenvalue weighted by atomic mass is 10.0. The van der Waals surface area contributed by atoms with Gasteiger partial charge in [0.2, 0.25) is 0 Å². The second-order valence-electron chi connectivity index (χ2n) is 4.71. The molecule has 1 heterocycles. The summed E-state index contributed by atoms with van der Waals surface area (Å²) in [5.41, 5.74) is 0.135. The third-order valence-electron chi connectivity index (χ3n) is 3.30. The molecule has 0 spiro atoms. The van der Waals surface area contributed by atoms with E-state index < -0.39 is 17.8 Å². The van der Waals surface area contributed by atoms with Crippen LogP contribution >= 0.6 is 11.6 Å². The van der Waals surface area contributed by atoms with Gasteiger partial charge in [0.15, 0.2) is 0 Å². The molecule has 0 aliphatic carbocycles. The first-order chi connectivity index (χ1) is 9.95. The van der Waals surface area contributed by atoms with E-state index in [1.807, 2.05) is 0 Å². The molecule has 21 heavy (non-hydrogen) atoms. The zero-order chi connectivity index (χ0) is 15.0. The first-order valence-electron chi connectivity index (χ1n) is 6.31. The Morgan fingerprint density at radius 1 is 1.14 bits per heavy atom. The molecule has 0 fully saturated rings. The van der Waals surface area contributed by atoms with Gasteiger partial charge >= 0.3 is 6.18 Å². The first-order valence-corrected chi connectivity index (χ1v) is 6.69. The van der Waals surface area contributed by atoms with Crippen molar-refractivity contribution in [2.24, 2.45) is 0 Å². The molecule has 0 amide bonds. The van der Waals surface area contributed by atoms with Crippen LogP contribution in [0.3, 0.4) is 0 Å². The van der Waals surface area contributed by atoms with Crippen molar-refractivity contribution in [3.05, 3.63) is 58.6 Å². The number of fused-ring (bicyclic) bond motifs is 1. The van der Waals surface area contributed by atoms with Gasteiger partial charge in [0.1, 0.15) is 11.9 Å². The minimum absolute atomic E-state index is 0.123. The van der Waals surface area contributed by atoms with E-state index in [-0.39, 0.29) is 12.1 Å². The maximum absolute atomic E-state index is 13.1. The summed E-state index contributed by atoms with van der Waals surface area (Å²) in [6.07, 6.45) is -5.10. The average Bonchev–Trinajstić information content (AvgIpc) is 2.46. The summed E-state index contributed by atoms with van der Waals surface area (Å²) in [6, 6.07) is 10.4. The monoisotopic (exact) mass is 313 g/mol. The molecule has 0 radical (unpaired) electrons. The maximum atomic E-state index is 13.1. The van der Waals surface area contributed by atoms with Crippen LogP contribution in [0.25, 0.3) is 0 Å². The van der Waals surface area contributed by atoms with E-state index in [0.717, 1.165) is 6.07 Å². The highest BCUT2D eigenvalue weighted by Gasteiger charge is 2.36. The van der Waals surface area contributed by atoms with Gasteiger partial charge in [0, 0.05) is 10.6 Å². The minimum atomic E-state index is -4.40. The summed E-state index contributed by atoms with van der Waals surface area (Å²) in [5.74, 6) is 0.493. The minimum Gasteiger partial charge on any atom is -0.482 e. The van der Waals surface area contributed by atoms with Crippen LogP contribution in [0.5, 0.6) is 5.75 Å². The second-order valence-corrected chi connectivity index (χ2v) is 5.15. The van der Waals surface area contributed by atoms with Gasteiger partial charge in [-0.1, -0.05) is 29.8 Å². The van der Waals surface area contributed by atoms with Gasteiger partial charge in [-0.25, -0.2) is 0 Å². The molecular formula is C15H11ClF3NO. The number of hydrogen-bond acceptors (Lipinski definition) is 2. The van der Waals surface area contributed by atoms with Crippen LogP contribution < -0.4 is 10.1 Å². The number of hydrogen-bond donors (Lipinski definition) is 1. The van der Waals surface area contributed by atoms with E-state index >= 15 is 0 Å². The van der Waals surface area contributed by atoms with Crippen LogP contribution in [-0.4, -0.2) is 6.54 Å². The first kappa shape index (κ1) is 14.1. The van der Waals surface area contributed by atoms with Gasteiger partial charge in [0.25, 0.3) is 0 Å². The van der Waals surface area contributed by atoms with Gasteiger partial charge in [-0.2, -0.15) is 13.2 Å². The van der Waals surface area contributed by atoms with Crippen molar-refractivity contribution in [3.63, 3.8) is 0 Å². The van der Waals surface area contributed by atoms with Gasteiger partial charge in [-0.05, 0) is 24.3 Å². The highest BCUT2D eigenvalue weighted by molar-refractivity contribution is 6.30. The maximum Gasteiger partial charge on any atom is 0.416 e. The quantitative estimate of drug-likeness (QED) is 0.808. The Bertz CT molecular complexity index is 672. The van der Waals surface area contributed by atoms with Crippen molar-refractivity contribution in [3.8, 4) is 5.75 Å². The molecule has 2 aromatic rings. The Kier molecular flexibility index (Phi) is 3.45. The molecule has 0 aromatic heterocycles. The SMILES string of the molecule is FC(F)(F)c1ccccc1C1CNc2cc(Cl)ccc2O1. The Balaban J connectivity index is 1.95. The van der Waals surface area contributed by atoms with Crippen LogP contribution in [0.15, 0.2) is 42.5 Å². The molecular weight excluding hydrogens is 303 g/mol. The van der Waals surface area contributed by atoms with E-state index in [4.69, 9.17) is 16.3 Å². The summed E-state index contributed by atoms with van der Waals surface area (Å²) in [7, 11) is 0. The number of rotatable bonds is 1. The molecule has 3 rings (SSSR count). The lowest BCUT2D eigenvalue weighted by Gasteiger charge is -2.29. The third kappa shape index (κ3) is 2.78. The average molecular weight is 314 g/mol. The fourth-order valence-electron chi connectivity index (χ4n) is 2.35. The molecule has 1 unspecified atom stereocenters. The molecule has 0 saturated heterocycles. The third-order valence-corrected chi connectivity index (χ3v) is 3.54. The Morgan fingerprint density at radius 3 is 2.67 bits per heavy atom. The van der Waals surface area contributed by atoms with E-state index in [2.05, 4.69) is 5.32 Å². The molecule has 110 valence electrons. The van der Waals surface area contributed by atoms with Crippen molar-refractivity contribution in [1.29, 1.82) is 0 Å². The molecule has 1 aliphatic rings. The topological polar surface area (TPSA) is 21.3 Å². The van der Waals surface area contributed by atoms with Gasteiger partial charge < -0.3 is 10.1 Å². The molecule has 1 N–H and O–H groups in total. The number of benzene rings is 2. The molecule has 0 saturated carbocycles. The van der Waals surface area contributed by atoms with Crippen molar-refractivity contribution in [2.45, 2.75) is 12.3 Å². The number of halogens is 4. The van der Waals surface area contributed by atoms with Gasteiger partial charge in [-0.15, -0.1) is 0 Å². The zero-order valence-corrected chi connectivity index (χ0v) is 11.5. The number of ether oxygens (including phenoxy) is 1. The van der Waals surface area contributed by atoms with Crippen LogP contribution in [-0.2, 0) is 6.18 Å². The summed E-state index contributed by atoms with van der Waals surface area (Å²) in [6.45, 7) is 0.250. The summed E-state index contributed by atoms with van der Waals surface area (Å²) in [4.78, 5) is 0. The molecule has 2 aromatic carbocycles. The highest BCUT2D eigenvalue weighted by atomic mass is 35.5. The highest BCUT2D eigenvalue weighted by Crippen LogP contribution is 2.40. The lowest BCUT2D eigenvalue weighted by molar-refractivity contribution is -0.139. The van der Waals surface area contributed by atoms with E-state index in [1.165, 1.54) is 12.1 Å². The Labute approximate surface area is 124 Å². The van der Waals surface area contributed by atoms with Crippen molar-refractivity contribution in [2.75, 3.05) is 11.9 Å². The summed E-state index contributed by atoms with van der Waals surface area (Å²) >= 11 is 5.87. The number of anilines is 1. The molecule has 0 bridgehead atoms. The van der Waals surface area contributed by atoms with Crippen LogP contribution in [0.4, 0.5) is 18.9 Å². The largest absolute Gasteiger partial charge is 0.482 e. The fraction of sp³-hybridized carbons (Fsp3) is 0.200. The predicted molar refractivity (Wildman–Crippen MR) is 74.8 cm³/mol. The molecule has 1 atom stereocenters. The number of nitrogens with one attached hydrogen (secondary N) is 1. The number of alkyl halides is 3.